The molecule has 0 saturated carbocycles. The molecule has 0 aromatic carbocycles. The molecule has 9 heteroatoms. The number of aliphatic hydroxyl groups excluding tert-OH is 1. The summed E-state index contributed by atoms with van der Waals surface area (Å²) in [5.41, 5.74) is 0. The average Bonchev–Trinajstić information content (AvgIpc) is 2.76. The maximum atomic E-state index is 11.2. The van der Waals surface area contributed by atoms with Crippen LogP contribution >= 0.6 is 0 Å². The Bertz CT molecular complexity index is 542. The Morgan fingerprint density at radius 1 is 0.879 bits per heavy atom. The molecule has 2 rings (SSSR count). The molecule has 0 aliphatic carbocycles. The van der Waals surface area contributed by atoms with E-state index in [0.29, 0.717) is 0 Å². The van der Waals surface area contributed by atoms with Gasteiger partial charge in [-0.2, -0.15) is 0 Å². The van der Waals surface area contributed by atoms with Crippen LogP contribution in [0.5, 0.6) is 0 Å². The summed E-state index contributed by atoms with van der Waals surface area (Å²) in [7, 11) is 0. The fraction of sp³-hybridized carbons (Fsp3) is 0.917. The molecule has 33 heavy (non-hydrogen) atoms. The second kappa shape index (κ2) is 17.1. The number of rotatable bonds is 11. The van der Waals surface area contributed by atoms with Crippen molar-refractivity contribution in [2.75, 3.05) is 6.61 Å². The van der Waals surface area contributed by atoms with Crippen molar-refractivity contribution >= 4 is 31.7 Å². The predicted octanol–water partition coefficient (Wildman–Crippen LogP) is 4.21. The number of unbranched alkanes of at least 4 members (excludes halogenated alkanes) is 3. The van der Waals surface area contributed by atoms with Gasteiger partial charge in [-0.1, -0.05) is 0 Å². The zero-order chi connectivity index (χ0) is 24.8. The van der Waals surface area contributed by atoms with Crippen LogP contribution in [0.25, 0.3) is 0 Å². The summed E-state index contributed by atoms with van der Waals surface area (Å²) < 4.78 is 31.3. The van der Waals surface area contributed by atoms with Crippen molar-refractivity contribution in [2.24, 2.45) is 0 Å². The van der Waals surface area contributed by atoms with E-state index in [1.54, 1.807) is 20.2 Å². The van der Waals surface area contributed by atoms with Gasteiger partial charge >= 0.3 is 104 Å². The number of esters is 2. The van der Waals surface area contributed by atoms with Gasteiger partial charge in [0, 0.05) is 13.8 Å². The first-order valence-corrected chi connectivity index (χ1v) is 18.6. The van der Waals surface area contributed by atoms with Crippen molar-refractivity contribution in [3.05, 3.63) is 0 Å². The summed E-state index contributed by atoms with van der Waals surface area (Å²) in [6, 6.07) is 0. The molecule has 1 radical (unpaired) electrons. The van der Waals surface area contributed by atoms with Crippen molar-refractivity contribution in [1.29, 1.82) is 0 Å². The standard InChI is InChI=1S/C12H18O8.3C4H9.Sn/c1-5(13)17-10-9-8(4-16-7(3)19-9)20-12(15)11(10)18-6(2)14;3*1-3-4-2;/h7-12,15H,4H2,1-3H3;3*1,3-4H2,2H3;/t7?,8-,9-,10+,11-,12+;;;;/m1..../s1. The van der Waals surface area contributed by atoms with Crippen LogP contribution in [0.2, 0.25) is 13.3 Å². The third-order valence-electron chi connectivity index (χ3n) is 5.71. The topological polar surface area (TPSA) is 101 Å². The Labute approximate surface area is 206 Å². The molecule has 0 spiro atoms. The monoisotopic (exact) mass is 581 g/mol. The minimum absolute atomic E-state index is 0.188. The first-order valence-electron chi connectivity index (χ1n) is 12.5. The van der Waals surface area contributed by atoms with Crippen LogP contribution in [0.4, 0.5) is 0 Å². The Kier molecular flexibility index (Phi) is 15.8. The minimum atomic E-state index is -1.41. The van der Waals surface area contributed by atoms with Gasteiger partial charge in [-0.3, -0.25) is 9.59 Å². The van der Waals surface area contributed by atoms with Crippen molar-refractivity contribution in [2.45, 2.75) is 130 Å². The van der Waals surface area contributed by atoms with E-state index in [0.717, 1.165) is 0 Å². The molecular weight excluding hydrogens is 535 g/mol. The van der Waals surface area contributed by atoms with Crippen LogP contribution in [-0.4, -0.2) is 80.4 Å². The van der Waals surface area contributed by atoms with E-state index in [2.05, 4.69) is 20.8 Å². The van der Waals surface area contributed by atoms with Crippen molar-refractivity contribution < 1.29 is 38.4 Å². The van der Waals surface area contributed by atoms with E-state index in [9.17, 15) is 14.7 Å². The van der Waals surface area contributed by atoms with E-state index in [1.807, 2.05) is 0 Å². The summed E-state index contributed by atoms with van der Waals surface area (Å²) in [5.74, 6) is -1.18. The Balaban J connectivity index is 0.000000366. The molecule has 1 N–H and O–H groups in total. The first-order chi connectivity index (χ1) is 15.7. The number of fused-ring (bicyclic) bond motifs is 1. The van der Waals surface area contributed by atoms with Gasteiger partial charge < -0.3 is 28.8 Å². The fourth-order valence-corrected chi connectivity index (χ4v) is 13.4. The summed E-state index contributed by atoms with van der Waals surface area (Å²) in [6.07, 6.45) is 3.57. The fourth-order valence-electron chi connectivity index (χ4n) is 3.98. The van der Waals surface area contributed by atoms with Crippen LogP contribution in [0, 0.1) is 0 Å². The molecule has 2 aliphatic heterocycles. The van der Waals surface area contributed by atoms with Gasteiger partial charge in [0.05, 0.1) is 6.61 Å². The SMILES string of the molecule is CC(=O)O[C@@H]1[C@@H](OC(C)=O)[C@@H](O)O[C@@H]2COC(C)O[C@@H]12.CCC[CH2][Sn]([CH2]CCC)[CH2]CCC. The second-order valence-corrected chi connectivity index (χ2v) is 17.3. The van der Waals surface area contributed by atoms with Gasteiger partial charge in [-0.15, -0.1) is 0 Å². The second-order valence-electron chi connectivity index (χ2n) is 8.78. The molecule has 6 atom stereocenters. The Hall–Kier alpha value is -0.421. The van der Waals surface area contributed by atoms with Gasteiger partial charge in [0.15, 0.2) is 24.8 Å². The van der Waals surface area contributed by atoms with Crippen LogP contribution in [0.1, 0.15) is 80.1 Å². The van der Waals surface area contributed by atoms with E-state index < -0.39 is 68.7 Å². The number of aliphatic hydroxyl groups is 1. The summed E-state index contributed by atoms with van der Waals surface area (Å²) >= 11 is -0.839. The molecule has 193 valence electrons. The van der Waals surface area contributed by atoms with Gasteiger partial charge in [-0.25, -0.2) is 0 Å². The number of carbonyl (C=O) groups excluding carboxylic acids is 2. The van der Waals surface area contributed by atoms with Crippen LogP contribution in [0.15, 0.2) is 0 Å². The maximum absolute atomic E-state index is 11.2. The molecule has 0 aromatic heterocycles. The molecular formula is C24H45O8Sn. The van der Waals surface area contributed by atoms with Crippen LogP contribution in [0.3, 0.4) is 0 Å². The van der Waals surface area contributed by atoms with Crippen LogP contribution < -0.4 is 0 Å². The molecule has 2 heterocycles. The third kappa shape index (κ3) is 11.7. The quantitative estimate of drug-likeness (QED) is 0.287. The predicted molar refractivity (Wildman–Crippen MR) is 127 cm³/mol. The molecule has 2 aliphatic rings. The van der Waals surface area contributed by atoms with Crippen molar-refractivity contribution in [3.8, 4) is 0 Å². The summed E-state index contributed by atoms with van der Waals surface area (Å²) in [6.45, 7) is 11.3. The molecule has 0 aromatic rings. The number of ether oxygens (including phenoxy) is 5. The molecule has 0 amide bonds. The average molecular weight is 580 g/mol. The Morgan fingerprint density at radius 3 is 1.82 bits per heavy atom. The first kappa shape index (κ1) is 30.6. The zero-order valence-electron chi connectivity index (χ0n) is 21.3. The van der Waals surface area contributed by atoms with Gasteiger partial charge in [0.2, 0.25) is 0 Å². The third-order valence-corrected chi connectivity index (χ3v) is 14.8. The van der Waals surface area contributed by atoms with E-state index in [4.69, 9.17) is 23.7 Å². The summed E-state index contributed by atoms with van der Waals surface area (Å²) in [4.78, 5) is 22.4. The van der Waals surface area contributed by atoms with Crippen LogP contribution in [-0.2, 0) is 33.3 Å². The Morgan fingerprint density at radius 2 is 1.36 bits per heavy atom. The van der Waals surface area contributed by atoms with E-state index >= 15 is 0 Å². The van der Waals surface area contributed by atoms with Gasteiger partial charge in [0.25, 0.3) is 0 Å². The number of hydrogen-bond acceptors (Lipinski definition) is 8. The van der Waals surface area contributed by atoms with E-state index in [1.165, 1.54) is 52.4 Å². The molecule has 2 fully saturated rings. The summed E-state index contributed by atoms with van der Waals surface area (Å²) in [5, 5.41) is 9.90. The van der Waals surface area contributed by atoms with Crippen molar-refractivity contribution in [1.82, 2.24) is 0 Å². The van der Waals surface area contributed by atoms with E-state index in [-0.39, 0.29) is 6.61 Å². The molecule has 0 bridgehead atoms. The van der Waals surface area contributed by atoms with Crippen molar-refractivity contribution in [3.63, 3.8) is 0 Å². The molecule has 2 saturated heterocycles. The number of carbonyl (C=O) groups is 2. The van der Waals surface area contributed by atoms with Gasteiger partial charge in [-0.05, 0) is 6.92 Å². The molecule has 8 nitrogen and oxygen atoms in total. The van der Waals surface area contributed by atoms with Gasteiger partial charge in [0.1, 0.15) is 12.2 Å². The zero-order valence-corrected chi connectivity index (χ0v) is 24.2. The molecule has 1 unspecified atom stereocenters. The number of hydrogen-bond donors (Lipinski definition) is 1. The normalized spacial score (nSPS) is 29.0.